The molecule has 0 aromatic carbocycles. The molecule has 1 amide bonds. The number of thioether (sulfide) groups is 1. The maximum absolute atomic E-state index is 13.1. The van der Waals surface area contributed by atoms with Crippen molar-refractivity contribution in [2.24, 2.45) is 0 Å². The summed E-state index contributed by atoms with van der Waals surface area (Å²) in [6, 6.07) is 2.05. The van der Waals surface area contributed by atoms with Crippen molar-refractivity contribution in [2.75, 3.05) is 24.5 Å². The van der Waals surface area contributed by atoms with E-state index in [0.29, 0.717) is 26.9 Å². The van der Waals surface area contributed by atoms with Crippen molar-refractivity contribution in [1.29, 1.82) is 5.26 Å². The van der Waals surface area contributed by atoms with E-state index in [4.69, 9.17) is 17.3 Å². The number of nitrogens with zero attached hydrogens (tertiary/aromatic N) is 4. The number of carboxylic acids is 1. The van der Waals surface area contributed by atoms with Crippen molar-refractivity contribution in [3.05, 3.63) is 31.9 Å². The highest BCUT2D eigenvalue weighted by molar-refractivity contribution is 8.26. The minimum atomic E-state index is -1.00. The number of rotatable bonds is 8. The van der Waals surface area contributed by atoms with E-state index in [9.17, 15) is 19.6 Å². The van der Waals surface area contributed by atoms with Crippen molar-refractivity contribution in [3.8, 4) is 6.07 Å². The van der Waals surface area contributed by atoms with Crippen LogP contribution in [0.1, 0.15) is 55.7 Å². The predicted octanol–water partition coefficient (Wildman–Crippen LogP) is 3.10. The Morgan fingerprint density at radius 3 is 2.56 bits per heavy atom. The lowest BCUT2D eigenvalue weighted by Gasteiger charge is -2.27. The molecular weight excluding hydrogens is 448 g/mol. The average Bonchev–Trinajstić information content (AvgIpc) is 3.36. The molecule has 10 heteroatoms. The van der Waals surface area contributed by atoms with Crippen LogP contribution in [-0.2, 0) is 16.1 Å². The number of pyridine rings is 1. The molecule has 0 unspecified atom stereocenters. The molecule has 2 aliphatic heterocycles. The molecule has 0 bridgehead atoms. The number of carbonyl (C=O) groups excluding carboxylic acids is 1. The van der Waals surface area contributed by atoms with Gasteiger partial charge in [0.25, 0.3) is 11.5 Å². The van der Waals surface area contributed by atoms with Crippen LogP contribution in [0.3, 0.4) is 0 Å². The van der Waals surface area contributed by atoms with Gasteiger partial charge in [0.05, 0.1) is 11.3 Å². The molecule has 0 aliphatic carbocycles. The Morgan fingerprint density at radius 1 is 1.28 bits per heavy atom. The summed E-state index contributed by atoms with van der Waals surface area (Å²) < 4.78 is 1.99. The van der Waals surface area contributed by atoms with Crippen LogP contribution in [0.25, 0.3) is 6.08 Å². The van der Waals surface area contributed by atoms with Crippen LogP contribution in [0.5, 0.6) is 0 Å². The normalized spacial score (nSPS) is 17.5. The zero-order valence-electron chi connectivity index (χ0n) is 18.2. The third kappa shape index (κ3) is 4.74. The van der Waals surface area contributed by atoms with E-state index < -0.39 is 5.97 Å². The van der Waals surface area contributed by atoms with Gasteiger partial charge in [-0.3, -0.25) is 23.9 Å². The maximum atomic E-state index is 13.1. The molecule has 0 saturated carbocycles. The first-order valence-electron chi connectivity index (χ1n) is 10.7. The highest BCUT2D eigenvalue weighted by atomic mass is 32.2. The summed E-state index contributed by atoms with van der Waals surface area (Å²) in [7, 11) is 0. The van der Waals surface area contributed by atoms with Crippen molar-refractivity contribution in [2.45, 2.75) is 52.5 Å². The third-order valence-corrected chi connectivity index (χ3v) is 7.06. The molecule has 3 rings (SSSR count). The molecule has 1 N–H and O–H groups in total. The van der Waals surface area contributed by atoms with Gasteiger partial charge in [-0.1, -0.05) is 37.3 Å². The summed E-state index contributed by atoms with van der Waals surface area (Å²) in [6.45, 7) is 5.89. The number of anilines is 1. The molecule has 0 spiro atoms. The highest BCUT2D eigenvalue weighted by Crippen LogP contribution is 2.36. The molecule has 170 valence electrons. The fraction of sp³-hybridized carbons (Fsp3) is 0.500. The molecule has 0 radical (unpaired) electrons. The fourth-order valence-electron chi connectivity index (χ4n) is 3.97. The second kappa shape index (κ2) is 10.3. The van der Waals surface area contributed by atoms with E-state index >= 15 is 0 Å². The molecule has 2 fully saturated rings. The van der Waals surface area contributed by atoms with E-state index in [1.54, 1.807) is 17.6 Å². The molecule has 2 saturated heterocycles. The number of thiocarbonyl (C=S) groups is 1. The smallest absolute Gasteiger partial charge is 0.305 e. The Balaban J connectivity index is 2.15. The van der Waals surface area contributed by atoms with E-state index in [-0.39, 0.29) is 30.0 Å². The van der Waals surface area contributed by atoms with Gasteiger partial charge in [0.2, 0.25) is 0 Å². The lowest BCUT2D eigenvalue weighted by Crippen LogP contribution is -2.33. The van der Waals surface area contributed by atoms with Gasteiger partial charge < -0.3 is 10.0 Å². The van der Waals surface area contributed by atoms with Crippen molar-refractivity contribution in [1.82, 2.24) is 9.47 Å². The van der Waals surface area contributed by atoms with Gasteiger partial charge in [-0.05, 0) is 37.8 Å². The topological polar surface area (TPSA) is 107 Å². The van der Waals surface area contributed by atoms with E-state index in [1.165, 1.54) is 4.90 Å². The van der Waals surface area contributed by atoms with Crippen molar-refractivity contribution in [3.63, 3.8) is 0 Å². The number of carboxylic acid groups (broad SMARTS) is 1. The number of aromatic nitrogens is 1. The summed E-state index contributed by atoms with van der Waals surface area (Å²) in [5.41, 5.74) is 1.00. The molecule has 32 heavy (non-hydrogen) atoms. The average molecular weight is 475 g/mol. The number of amides is 1. The first-order valence-corrected chi connectivity index (χ1v) is 11.9. The van der Waals surface area contributed by atoms with Gasteiger partial charge in [0.1, 0.15) is 21.8 Å². The van der Waals surface area contributed by atoms with E-state index in [1.807, 2.05) is 6.92 Å². The van der Waals surface area contributed by atoms with E-state index in [2.05, 4.69) is 11.0 Å². The summed E-state index contributed by atoms with van der Waals surface area (Å²) in [4.78, 5) is 40.9. The van der Waals surface area contributed by atoms with Gasteiger partial charge in [-0.2, -0.15) is 5.26 Å². The van der Waals surface area contributed by atoms with Crippen LogP contribution in [0, 0.1) is 18.3 Å². The second-order valence-corrected chi connectivity index (χ2v) is 9.51. The molecule has 3 heterocycles. The second-order valence-electron chi connectivity index (χ2n) is 7.83. The molecule has 1 aromatic rings. The summed E-state index contributed by atoms with van der Waals surface area (Å²) in [5.74, 6) is -0.608. The Hall–Kier alpha value is -2.64. The molecule has 2 aliphatic rings. The van der Waals surface area contributed by atoms with Crippen molar-refractivity contribution < 1.29 is 14.7 Å². The highest BCUT2D eigenvalue weighted by Gasteiger charge is 2.33. The Morgan fingerprint density at radius 2 is 1.97 bits per heavy atom. The standard InChI is InChI=1S/C22H26N4O4S2/c1-3-4-10-25-19(24-8-5-6-9-24)15(14(2)16(13-23)20(25)29)12-17-21(30)26(22(31)32-17)11-7-18(27)28/h12H,3-11H2,1-2H3,(H,27,28)/b17-12-. The summed E-state index contributed by atoms with van der Waals surface area (Å²) >= 11 is 6.42. The van der Waals surface area contributed by atoms with Crippen LogP contribution in [0.2, 0.25) is 0 Å². The van der Waals surface area contributed by atoms with Crippen LogP contribution in [-0.4, -0.2) is 50.4 Å². The van der Waals surface area contributed by atoms with Crippen LogP contribution in [0.15, 0.2) is 9.70 Å². The number of carbonyl (C=O) groups is 2. The fourth-order valence-corrected chi connectivity index (χ4v) is 5.26. The zero-order chi connectivity index (χ0) is 23.4. The van der Waals surface area contributed by atoms with Crippen LogP contribution in [0.4, 0.5) is 5.82 Å². The summed E-state index contributed by atoms with van der Waals surface area (Å²) in [5, 5.41) is 18.6. The number of nitriles is 1. The predicted molar refractivity (Wildman–Crippen MR) is 129 cm³/mol. The lowest BCUT2D eigenvalue weighted by atomic mass is 10.0. The maximum Gasteiger partial charge on any atom is 0.305 e. The molecule has 0 atom stereocenters. The minimum Gasteiger partial charge on any atom is -0.481 e. The number of aliphatic carboxylic acids is 1. The van der Waals surface area contributed by atoms with Gasteiger partial charge in [0, 0.05) is 31.7 Å². The quantitative estimate of drug-likeness (QED) is 0.452. The van der Waals surface area contributed by atoms with Gasteiger partial charge >= 0.3 is 5.97 Å². The SMILES string of the molecule is CCCCn1c(N2CCCC2)c(/C=C2\SC(=S)N(CCC(=O)O)C2=O)c(C)c(C#N)c1=O. The van der Waals surface area contributed by atoms with Crippen molar-refractivity contribution >= 4 is 52.1 Å². The van der Waals surface area contributed by atoms with E-state index in [0.717, 1.165) is 56.4 Å². The lowest BCUT2D eigenvalue weighted by molar-refractivity contribution is -0.137. The zero-order valence-corrected chi connectivity index (χ0v) is 19.9. The summed E-state index contributed by atoms with van der Waals surface area (Å²) in [6.07, 6.45) is 5.24. The van der Waals surface area contributed by atoms with Crippen LogP contribution >= 0.6 is 24.0 Å². The molecular formula is C22H26N4O4S2. The monoisotopic (exact) mass is 474 g/mol. The Kier molecular flexibility index (Phi) is 7.74. The Bertz CT molecular complexity index is 1080. The molecule has 1 aromatic heterocycles. The molecule has 8 nitrogen and oxygen atoms in total. The number of hydrogen-bond acceptors (Lipinski definition) is 7. The van der Waals surface area contributed by atoms with Gasteiger partial charge in [0.15, 0.2) is 0 Å². The number of hydrogen-bond donors (Lipinski definition) is 1. The first kappa shape index (κ1) is 24.0. The minimum absolute atomic E-state index is 0.00868. The Labute approximate surface area is 196 Å². The third-order valence-electron chi connectivity index (χ3n) is 5.69. The number of unbranched alkanes of at least 4 members (excludes halogenated alkanes) is 1. The first-order chi connectivity index (χ1) is 15.3. The van der Waals surface area contributed by atoms with Gasteiger partial charge in [-0.15, -0.1) is 0 Å². The van der Waals surface area contributed by atoms with Gasteiger partial charge in [-0.25, -0.2) is 0 Å². The largest absolute Gasteiger partial charge is 0.481 e. The van der Waals surface area contributed by atoms with Crippen LogP contribution < -0.4 is 10.5 Å².